The molecule has 0 fully saturated rings. The molecule has 0 saturated heterocycles. The molecule has 2 amide bonds. The van der Waals surface area contributed by atoms with Gasteiger partial charge in [-0.05, 0) is 64.1 Å². The van der Waals surface area contributed by atoms with E-state index in [1.807, 2.05) is 32.6 Å². The van der Waals surface area contributed by atoms with Crippen LogP contribution in [0.25, 0.3) is 0 Å². The van der Waals surface area contributed by atoms with E-state index in [0.717, 1.165) is 0 Å². The Morgan fingerprint density at radius 1 is 0.889 bits per heavy atom. The number of anilines is 2. The maximum Gasteiger partial charge on any atom is 0.254 e. The third-order valence-electron chi connectivity index (χ3n) is 4.12. The first-order valence-electron chi connectivity index (χ1n) is 8.74. The minimum Gasteiger partial charge on any atom is -0.508 e. The minimum atomic E-state index is -0.180. The van der Waals surface area contributed by atoms with Crippen LogP contribution in [0.3, 0.4) is 0 Å². The second-order valence-electron chi connectivity index (χ2n) is 6.82. The monoisotopic (exact) mass is 371 g/mol. The van der Waals surface area contributed by atoms with Crippen molar-refractivity contribution in [1.29, 1.82) is 0 Å². The highest BCUT2D eigenvalue weighted by Gasteiger charge is 2.22. The zero-order valence-electron chi connectivity index (χ0n) is 16.6. The maximum absolute atomic E-state index is 12.8. The van der Waals surface area contributed by atoms with Crippen molar-refractivity contribution in [2.75, 3.05) is 4.90 Å². The molecule has 146 valence electrons. The first-order chi connectivity index (χ1) is 12.2. The van der Waals surface area contributed by atoms with Crippen molar-refractivity contribution in [2.24, 2.45) is 0 Å². The van der Waals surface area contributed by atoms with E-state index in [1.165, 1.54) is 17.9 Å². The van der Waals surface area contributed by atoms with E-state index in [9.17, 15) is 14.7 Å². The summed E-state index contributed by atoms with van der Waals surface area (Å²) in [5.41, 5.74) is 1.79. The Bertz CT molecular complexity index is 778. The van der Waals surface area contributed by atoms with E-state index in [2.05, 4.69) is 0 Å². The van der Waals surface area contributed by atoms with E-state index in [0.29, 0.717) is 16.9 Å². The lowest BCUT2D eigenvalue weighted by Crippen LogP contribution is -2.42. The van der Waals surface area contributed by atoms with Crippen LogP contribution in [0.4, 0.5) is 11.4 Å². The quantitative estimate of drug-likeness (QED) is 0.809. The Morgan fingerprint density at radius 3 is 1.89 bits per heavy atom. The maximum atomic E-state index is 12.8. The lowest BCUT2D eigenvalue weighted by molar-refractivity contribution is -0.115. The Kier molecular flexibility index (Phi) is 7.55. The Hall–Kier alpha value is -2.86. The van der Waals surface area contributed by atoms with Crippen LogP contribution in [0.1, 0.15) is 45.0 Å². The van der Waals surface area contributed by atoms with Crippen molar-refractivity contribution < 1.29 is 14.7 Å². The summed E-state index contributed by atoms with van der Waals surface area (Å²) in [6, 6.07) is 13.7. The van der Waals surface area contributed by atoms with Gasteiger partial charge in [0.1, 0.15) is 5.75 Å². The Labute approximate surface area is 161 Å². The largest absolute Gasteiger partial charge is 0.508 e. The van der Waals surface area contributed by atoms with Gasteiger partial charge in [0.2, 0.25) is 5.91 Å². The minimum absolute atomic E-state index is 0. The van der Waals surface area contributed by atoms with Gasteiger partial charge in [-0.3, -0.25) is 14.5 Å². The number of hydrogen-bond donors (Lipinski definition) is 2. The van der Waals surface area contributed by atoms with E-state index >= 15 is 0 Å². The number of rotatable bonds is 5. The number of hydrogen-bond acceptors (Lipinski definition) is 4. The number of nitrogens with zero attached hydrogens (tertiary/aromatic N) is 2. The molecule has 6 nitrogen and oxygen atoms in total. The molecule has 0 unspecified atom stereocenters. The molecule has 0 heterocycles. The third kappa shape index (κ3) is 5.08. The zero-order valence-corrected chi connectivity index (χ0v) is 16.6. The van der Waals surface area contributed by atoms with Gasteiger partial charge in [-0.25, -0.2) is 0 Å². The molecule has 27 heavy (non-hydrogen) atoms. The highest BCUT2D eigenvalue weighted by atomic mass is 16.3. The fourth-order valence-electron chi connectivity index (χ4n) is 3.11. The topological polar surface area (TPSA) is 95.9 Å². The molecular formula is C21H29N3O3. The molecule has 0 aliphatic carbocycles. The first kappa shape index (κ1) is 22.2. The van der Waals surface area contributed by atoms with Crippen LogP contribution < -0.4 is 11.1 Å². The molecule has 0 bridgehead atoms. The average Bonchev–Trinajstić information content (AvgIpc) is 2.54. The summed E-state index contributed by atoms with van der Waals surface area (Å²) in [7, 11) is 0. The summed E-state index contributed by atoms with van der Waals surface area (Å²) < 4.78 is 0. The van der Waals surface area contributed by atoms with E-state index in [4.69, 9.17) is 0 Å². The van der Waals surface area contributed by atoms with Gasteiger partial charge in [-0.2, -0.15) is 0 Å². The number of aromatic hydroxyl groups is 1. The molecule has 0 atom stereocenters. The second-order valence-corrected chi connectivity index (χ2v) is 6.82. The fourth-order valence-corrected chi connectivity index (χ4v) is 3.11. The van der Waals surface area contributed by atoms with Gasteiger partial charge >= 0.3 is 0 Å². The van der Waals surface area contributed by atoms with Gasteiger partial charge in [-0.15, -0.1) is 0 Å². The number of benzene rings is 2. The number of phenols is 1. The summed E-state index contributed by atoms with van der Waals surface area (Å²) in [4.78, 5) is 28.2. The summed E-state index contributed by atoms with van der Waals surface area (Å²) in [6.45, 7) is 9.43. The van der Waals surface area contributed by atoms with Gasteiger partial charge in [0.15, 0.2) is 0 Å². The van der Waals surface area contributed by atoms with Crippen LogP contribution in [0.15, 0.2) is 48.5 Å². The summed E-state index contributed by atoms with van der Waals surface area (Å²) in [6.07, 6.45) is 0. The van der Waals surface area contributed by atoms with Crippen molar-refractivity contribution in [3.63, 3.8) is 0 Å². The average molecular weight is 371 g/mol. The molecule has 6 heteroatoms. The van der Waals surface area contributed by atoms with Crippen molar-refractivity contribution >= 4 is 23.2 Å². The van der Waals surface area contributed by atoms with Crippen molar-refractivity contribution in [3.8, 4) is 5.75 Å². The van der Waals surface area contributed by atoms with Crippen molar-refractivity contribution in [1.82, 2.24) is 11.1 Å². The molecule has 2 rings (SSSR count). The predicted molar refractivity (Wildman–Crippen MR) is 109 cm³/mol. The molecule has 2 aromatic rings. The van der Waals surface area contributed by atoms with Crippen LogP contribution in [-0.2, 0) is 4.79 Å². The van der Waals surface area contributed by atoms with Crippen LogP contribution in [0.5, 0.6) is 5.75 Å². The van der Waals surface area contributed by atoms with Gasteiger partial charge in [-0.1, -0.05) is 6.07 Å². The van der Waals surface area contributed by atoms with Crippen molar-refractivity contribution in [3.05, 3.63) is 54.1 Å². The molecule has 0 aromatic heterocycles. The Morgan fingerprint density at radius 2 is 1.44 bits per heavy atom. The van der Waals surface area contributed by atoms with Crippen LogP contribution in [0.2, 0.25) is 0 Å². The number of amides is 2. The van der Waals surface area contributed by atoms with Gasteiger partial charge < -0.3 is 16.2 Å². The van der Waals surface area contributed by atoms with Crippen LogP contribution >= 0.6 is 0 Å². The number of carbonyl (C=O) groups excluding carboxylic acids is 2. The zero-order chi connectivity index (χ0) is 19.4. The van der Waals surface area contributed by atoms with E-state index < -0.39 is 0 Å². The summed E-state index contributed by atoms with van der Waals surface area (Å²) in [5, 5.41) is 9.68. The fraction of sp³-hybridized carbons (Fsp3) is 0.333. The number of carbonyl (C=O) groups is 2. The standard InChI is InChI=1S/C21H26N2O3.H3N/c1-14(2)22(15(3)4)21(26)17-9-11-18(12-10-17)23(16(5)24)19-7-6-8-20(25)13-19;/h6-15,25H,1-5H3;1H3. The van der Waals surface area contributed by atoms with Gasteiger partial charge in [0.05, 0.1) is 5.69 Å². The van der Waals surface area contributed by atoms with E-state index in [-0.39, 0.29) is 35.8 Å². The van der Waals surface area contributed by atoms with E-state index in [1.54, 1.807) is 42.5 Å². The molecule has 0 aliphatic heterocycles. The molecule has 4 N–H and O–H groups in total. The normalized spacial score (nSPS) is 10.5. The van der Waals surface area contributed by atoms with Crippen LogP contribution in [0, 0.1) is 0 Å². The third-order valence-corrected chi connectivity index (χ3v) is 4.12. The molecule has 2 aromatic carbocycles. The lowest BCUT2D eigenvalue weighted by Gasteiger charge is -2.31. The summed E-state index contributed by atoms with van der Waals surface area (Å²) >= 11 is 0. The van der Waals surface area contributed by atoms with Gasteiger partial charge in [0, 0.05) is 36.3 Å². The smallest absolute Gasteiger partial charge is 0.254 e. The van der Waals surface area contributed by atoms with Crippen molar-refractivity contribution in [2.45, 2.75) is 46.7 Å². The SMILES string of the molecule is CC(=O)N(c1ccc(C(=O)N(C(C)C)C(C)C)cc1)c1cccc(O)c1.N. The van der Waals surface area contributed by atoms with Gasteiger partial charge in [0.25, 0.3) is 5.91 Å². The number of phenolic OH excluding ortho intramolecular Hbond substituents is 1. The molecule has 0 radical (unpaired) electrons. The Balaban J connectivity index is 0.00000364. The first-order valence-corrected chi connectivity index (χ1v) is 8.74. The highest BCUT2D eigenvalue weighted by molar-refractivity contribution is 6.00. The second kappa shape index (κ2) is 9.19. The lowest BCUT2D eigenvalue weighted by atomic mass is 10.1. The highest BCUT2D eigenvalue weighted by Crippen LogP contribution is 2.28. The molecular weight excluding hydrogens is 342 g/mol. The predicted octanol–water partition coefficient (Wildman–Crippen LogP) is 4.50. The molecule has 0 aliphatic rings. The molecule has 0 spiro atoms. The van der Waals surface area contributed by atoms with Crippen LogP contribution in [-0.4, -0.2) is 33.9 Å². The summed E-state index contributed by atoms with van der Waals surface area (Å²) in [5.74, 6) is -0.126. The molecule has 0 saturated carbocycles.